The molecule has 2 aromatic carbocycles. The summed E-state index contributed by atoms with van der Waals surface area (Å²) in [5.74, 6) is 0.575. The van der Waals surface area contributed by atoms with Crippen molar-refractivity contribution >= 4 is 12.3 Å². The van der Waals surface area contributed by atoms with E-state index in [0.717, 1.165) is 11.1 Å². The third-order valence-electron chi connectivity index (χ3n) is 3.28. The van der Waals surface area contributed by atoms with Crippen LogP contribution in [0, 0.1) is 0 Å². The van der Waals surface area contributed by atoms with Crippen LogP contribution in [0.5, 0.6) is 0 Å². The molecule has 3 rings (SSSR count). The summed E-state index contributed by atoms with van der Waals surface area (Å²) in [5.41, 5.74) is 1.80. The molecule has 0 aliphatic carbocycles. The summed E-state index contributed by atoms with van der Waals surface area (Å²) in [6.07, 6.45) is 5.84. The van der Waals surface area contributed by atoms with Gasteiger partial charge in [-0.15, -0.1) is 0 Å². The summed E-state index contributed by atoms with van der Waals surface area (Å²) in [5, 5.41) is 10.6. The number of aromatic nitrogens is 3. The van der Waals surface area contributed by atoms with E-state index in [9.17, 15) is 4.79 Å². The lowest BCUT2D eigenvalue weighted by molar-refractivity contribution is 0.776. The molecule has 0 fully saturated rings. The Bertz CT molecular complexity index is 861. The van der Waals surface area contributed by atoms with Gasteiger partial charge in [-0.3, -0.25) is 0 Å². The highest BCUT2D eigenvalue weighted by molar-refractivity contribution is 5.78. The van der Waals surface area contributed by atoms with E-state index in [0.29, 0.717) is 12.2 Å². The van der Waals surface area contributed by atoms with Crippen molar-refractivity contribution < 1.29 is 0 Å². The zero-order chi connectivity index (χ0) is 15.9. The molecule has 0 radical (unpaired) electrons. The van der Waals surface area contributed by atoms with Crippen molar-refractivity contribution in [2.45, 2.75) is 6.42 Å². The molecule has 1 heterocycles. The first-order valence-electron chi connectivity index (χ1n) is 7.29. The molecule has 1 N–H and O–H groups in total. The molecule has 23 heavy (non-hydrogen) atoms. The largest absolute Gasteiger partial charge is 0.364 e. The highest BCUT2D eigenvalue weighted by atomic mass is 16.2. The molecule has 0 aliphatic heterocycles. The minimum atomic E-state index is -0.347. The van der Waals surface area contributed by atoms with Crippen LogP contribution in [0.3, 0.4) is 0 Å². The third kappa shape index (κ3) is 3.91. The number of H-pyrrole nitrogens is 1. The number of allylic oxidation sites excluding steroid dienone is 1. The first-order chi connectivity index (χ1) is 11.3. The molecule has 0 saturated heterocycles. The minimum absolute atomic E-state index is 0.347. The summed E-state index contributed by atoms with van der Waals surface area (Å²) in [6, 6.07) is 19.7. The van der Waals surface area contributed by atoms with E-state index in [4.69, 9.17) is 0 Å². The van der Waals surface area contributed by atoms with Crippen molar-refractivity contribution in [2.75, 3.05) is 0 Å². The molecule has 0 spiro atoms. The van der Waals surface area contributed by atoms with Crippen LogP contribution in [0.4, 0.5) is 0 Å². The Hall–Kier alpha value is -3.21. The monoisotopic (exact) mass is 304 g/mol. The Morgan fingerprint density at radius 3 is 2.48 bits per heavy atom. The van der Waals surface area contributed by atoms with Gasteiger partial charge in [0.25, 0.3) is 0 Å². The van der Waals surface area contributed by atoms with Gasteiger partial charge in [-0.25, -0.2) is 9.89 Å². The lowest BCUT2D eigenvalue weighted by Crippen LogP contribution is -2.14. The quantitative estimate of drug-likeness (QED) is 0.737. The Morgan fingerprint density at radius 1 is 1.04 bits per heavy atom. The standard InChI is InChI=1S/C18H16N4O/c23-18-21-20-17(14-16-10-5-2-6-11-16)22(18)19-13-7-12-15-8-3-1-4-9-15/h1-13H,14H2,(H,21,23). The van der Waals surface area contributed by atoms with Crippen molar-refractivity contribution in [3.05, 3.63) is 94.2 Å². The molecule has 5 nitrogen and oxygen atoms in total. The molecule has 5 heteroatoms. The second-order valence-corrected chi connectivity index (χ2v) is 4.95. The predicted molar refractivity (Wildman–Crippen MR) is 91.5 cm³/mol. The summed E-state index contributed by atoms with van der Waals surface area (Å²) in [6.45, 7) is 0. The van der Waals surface area contributed by atoms with E-state index in [1.807, 2.05) is 66.7 Å². The van der Waals surface area contributed by atoms with Gasteiger partial charge in [0, 0.05) is 12.6 Å². The fraction of sp³-hybridized carbons (Fsp3) is 0.0556. The van der Waals surface area contributed by atoms with Crippen molar-refractivity contribution in [1.29, 1.82) is 0 Å². The lowest BCUT2D eigenvalue weighted by atomic mass is 10.1. The number of hydrogen-bond donors (Lipinski definition) is 1. The molecule has 0 atom stereocenters. The molecule has 0 aliphatic rings. The Balaban J connectivity index is 1.75. The Kier molecular flexibility index (Phi) is 4.59. The number of rotatable bonds is 5. The molecular weight excluding hydrogens is 288 g/mol. The van der Waals surface area contributed by atoms with Crippen LogP contribution < -0.4 is 5.69 Å². The van der Waals surface area contributed by atoms with Gasteiger partial charge in [-0.05, 0) is 17.2 Å². The number of hydrogen-bond acceptors (Lipinski definition) is 3. The molecule has 0 saturated carbocycles. The predicted octanol–water partition coefficient (Wildman–Crippen LogP) is 2.71. The number of aromatic amines is 1. The van der Waals surface area contributed by atoms with Crippen LogP contribution in [-0.2, 0) is 6.42 Å². The Labute approximate surface area is 133 Å². The van der Waals surface area contributed by atoms with Gasteiger partial charge in [0.2, 0.25) is 0 Å². The smallest absolute Gasteiger partial charge is 0.244 e. The first-order valence-corrected chi connectivity index (χ1v) is 7.29. The van der Waals surface area contributed by atoms with Gasteiger partial charge in [0.1, 0.15) is 0 Å². The molecule has 1 aromatic heterocycles. The zero-order valence-corrected chi connectivity index (χ0v) is 12.5. The Morgan fingerprint density at radius 2 is 1.74 bits per heavy atom. The number of nitrogens with one attached hydrogen (secondary N) is 1. The van der Waals surface area contributed by atoms with E-state index in [-0.39, 0.29) is 5.69 Å². The van der Waals surface area contributed by atoms with Crippen LogP contribution in [0.1, 0.15) is 17.0 Å². The maximum atomic E-state index is 11.8. The molecule has 0 unspecified atom stereocenters. The number of benzene rings is 2. The van der Waals surface area contributed by atoms with E-state index in [1.165, 1.54) is 4.68 Å². The van der Waals surface area contributed by atoms with Crippen molar-refractivity contribution in [2.24, 2.45) is 5.10 Å². The highest BCUT2D eigenvalue weighted by Crippen LogP contribution is 2.05. The second kappa shape index (κ2) is 7.17. The van der Waals surface area contributed by atoms with Gasteiger partial charge in [-0.1, -0.05) is 66.7 Å². The fourth-order valence-electron chi connectivity index (χ4n) is 2.16. The average molecular weight is 304 g/mol. The van der Waals surface area contributed by atoms with Gasteiger partial charge in [-0.2, -0.15) is 14.9 Å². The summed E-state index contributed by atoms with van der Waals surface area (Å²) < 4.78 is 1.28. The zero-order valence-electron chi connectivity index (χ0n) is 12.5. The van der Waals surface area contributed by atoms with Crippen LogP contribution in [0.2, 0.25) is 0 Å². The normalized spacial score (nSPS) is 11.5. The van der Waals surface area contributed by atoms with E-state index < -0.39 is 0 Å². The van der Waals surface area contributed by atoms with E-state index >= 15 is 0 Å². The van der Waals surface area contributed by atoms with Gasteiger partial charge >= 0.3 is 5.69 Å². The first kappa shape index (κ1) is 14.7. The summed E-state index contributed by atoms with van der Waals surface area (Å²) in [4.78, 5) is 11.8. The maximum Gasteiger partial charge on any atom is 0.364 e. The van der Waals surface area contributed by atoms with Crippen molar-refractivity contribution in [3.8, 4) is 0 Å². The van der Waals surface area contributed by atoms with E-state index in [1.54, 1.807) is 12.3 Å². The van der Waals surface area contributed by atoms with Crippen LogP contribution in [0.25, 0.3) is 6.08 Å². The second-order valence-electron chi connectivity index (χ2n) is 4.95. The molecule has 114 valence electrons. The molecule has 0 amide bonds. The fourth-order valence-corrected chi connectivity index (χ4v) is 2.16. The molecular formula is C18H16N4O. The van der Waals surface area contributed by atoms with E-state index in [2.05, 4.69) is 15.3 Å². The number of nitrogens with zero attached hydrogens (tertiary/aromatic N) is 3. The molecule has 0 bridgehead atoms. The maximum absolute atomic E-state index is 11.8. The van der Waals surface area contributed by atoms with Gasteiger partial charge in [0.15, 0.2) is 5.82 Å². The minimum Gasteiger partial charge on any atom is -0.244 e. The molecule has 3 aromatic rings. The van der Waals surface area contributed by atoms with Gasteiger partial charge in [0.05, 0.1) is 0 Å². The van der Waals surface area contributed by atoms with Gasteiger partial charge < -0.3 is 0 Å². The summed E-state index contributed by atoms with van der Waals surface area (Å²) >= 11 is 0. The third-order valence-corrected chi connectivity index (χ3v) is 3.28. The SMILES string of the molecule is O=c1[nH]nc(Cc2ccccc2)n1N=CC=Cc1ccccc1. The topological polar surface area (TPSA) is 63.0 Å². The highest BCUT2D eigenvalue weighted by Gasteiger charge is 2.07. The summed E-state index contributed by atoms with van der Waals surface area (Å²) in [7, 11) is 0. The van der Waals surface area contributed by atoms with Crippen LogP contribution >= 0.6 is 0 Å². The average Bonchev–Trinajstić information content (AvgIpc) is 2.94. The van der Waals surface area contributed by atoms with Crippen LogP contribution in [0.15, 0.2) is 76.6 Å². The lowest BCUT2D eigenvalue weighted by Gasteiger charge is -1.99. The van der Waals surface area contributed by atoms with Crippen LogP contribution in [-0.4, -0.2) is 21.1 Å². The van der Waals surface area contributed by atoms with Crippen molar-refractivity contribution in [3.63, 3.8) is 0 Å². The van der Waals surface area contributed by atoms with Crippen molar-refractivity contribution in [1.82, 2.24) is 14.9 Å².